The fourth-order valence-corrected chi connectivity index (χ4v) is 13.2. The van der Waals surface area contributed by atoms with Crippen molar-refractivity contribution in [3.05, 3.63) is 270 Å². The molecule has 10 aromatic carbocycles. The number of para-hydroxylation sites is 5. The van der Waals surface area contributed by atoms with Crippen LogP contribution in [0.4, 0.5) is 51.2 Å². The molecule has 0 saturated heterocycles. The molecule has 0 fully saturated rings. The van der Waals surface area contributed by atoms with Crippen LogP contribution in [0.1, 0.15) is 47.2 Å². The second-order valence-electron chi connectivity index (χ2n) is 18.8. The largest absolute Gasteiger partial charge is 0.309 e. The third-order valence-electron chi connectivity index (χ3n) is 15.0. The van der Waals surface area contributed by atoms with Crippen LogP contribution in [-0.2, 0) is 10.8 Å². The first-order valence-electron chi connectivity index (χ1n) is 23.6. The molecular formula is C64H45N3S. The maximum atomic E-state index is 2.61. The maximum Gasteiger partial charge on any atom is 0.0754 e. The Hall–Kier alpha value is -8.18. The summed E-state index contributed by atoms with van der Waals surface area (Å²) in [6.45, 7) is 4.81. The molecule has 1 aromatic heterocycles. The zero-order valence-electron chi connectivity index (χ0n) is 37.8. The fourth-order valence-electron chi connectivity index (χ4n) is 12.1. The number of rotatable bonds is 6. The molecule has 322 valence electrons. The first-order chi connectivity index (χ1) is 33.5. The quantitative estimate of drug-likeness (QED) is 0.165. The summed E-state index contributed by atoms with van der Waals surface area (Å²) in [7, 11) is 0. The topological polar surface area (TPSA) is 9.72 Å². The normalized spacial score (nSPS) is 14.2. The third kappa shape index (κ3) is 5.35. The Morgan fingerprint density at radius 1 is 0.353 bits per heavy atom. The van der Waals surface area contributed by atoms with E-state index >= 15 is 0 Å². The molecule has 1 aliphatic carbocycles. The van der Waals surface area contributed by atoms with Crippen LogP contribution in [0.3, 0.4) is 0 Å². The molecule has 3 heterocycles. The van der Waals surface area contributed by atoms with E-state index in [9.17, 15) is 0 Å². The predicted molar refractivity (Wildman–Crippen MR) is 286 cm³/mol. The highest BCUT2D eigenvalue weighted by Crippen LogP contribution is 2.67. The number of nitrogens with zero attached hydrogens (tertiary/aromatic N) is 3. The lowest BCUT2D eigenvalue weighted by Gasteiger charge is -2.51. The smallest absolute Gasteiger partial charge is 0.0754 e. The molecule has 4 heteroatoms. The van der Waals surface area contributed by atoms with Gasteiger partial charge in [-0.05, 0) is 117 Å². The lowest BCUT2D eigenvalue weighted by molar-refractivity contribution is 0.621. The Morgan fingerprint density at radius 2 is 0.868 bits per heavy atom. The molecule has 3 aliphatic rings. The summed E-state index contributed by atoms with van der Waals surface area (Å²) in [5, 5.41) is 2.52. The minimum atomic E-state index is -0.554. The van der Waals surface area contributed by atoms with Crippen LogP contribution >= 0.6 is 11.3 Å². The van der Waals surface area contributed by atoms with E-state index in [2.05, 4.69) is 265 Å². The Labute approximate surface area is 401 Å². The van der Waals surface area contributed by atoms with Gasteiger partial charge in [0.25, 0.3) is 0 Å². The first-order valence-corrected chi connectivity index (χ1v) is 24.4. The lowest BCUT2D eigenvalue weighted by atomic mass is 9.61. The summed E-state index contributed by atoms with van der Waals surface area (Å²) < 4.78 is 2.52. The lowest BCUT2D eigenvalue weighted by Crippen LogP contribution is -2.41. The molecule has 0 unspecified atom stereocenters. The van der Waals surface area contributed by atoms with Crippen LogP contribution in [0.25, 0.3) is 31.3 Å². The molecule has 11 aromatic rings. The van der Waals surface area contributed by atoms with Crippen molar-refractivity contribution >= 4 is 82.7 Å². The number of hydrogen-bond donors (Lipinski definition) is 0. The van der Waals surface area contributed by atoms with E-state index in [0.29, 0.717) is 0 Å². The summed E-state index contributed by atoms with van der Waals surface area (Å²) in [5.74, 6) is 0. The van der Waals surface area contributed by atoms with E-state index in [4.69, 9.17) is 0 Å². The molecule has 0 saturated carbocycles. The zero-order chi connectivity index (χ0) is 45.1. The van der Waals surface area contributed by atoms with Gasteiger partial charge in [0, 0.05) is 48.3 Å². The third-order valence-corrected chi connectivity index (χ3v) is 16.1. The van der Waals surface area contributed by atoms with E-state index in [-0.39, 0.29) is 5.41 Å². The summed E-state index contributed by atoms with van der Waals surface area (Å²) in [5.41, 5.74) is 20.0. The molecule has 0 amide bonds. The standard InChI is InChI=1S/C64H45N3S/c1-63(2)52-32-17-18-35-56(52)67-57-39-45(37-38-53(57)64(55-34-20-33-54(63)62(55)67)50-30-15-12-27-46(50)47-28-13-16-31-51(47)64)66(44-25-10-5-11-26-44)59-41-61-49(48-29-14-19-36-60(48)68-61)40-58(59)65(42-21-6-3-7-22-42)43-23-8-4-9-24-43/h3-41H,1-2H3. The summed E-state index contributed by atoms with van der Waals surface area (Å²) in [4.78, 5) is 7.55. The highest BCUT2D eigenvalue weighted by Gasteiger charge is 2.54. The van der Waals surface area contributed by atoms with Gasteiger partial charge in [-0.2, -0.15) is 0 Å². The second-order valence-corrected chi connectivity index (χ2v) is 19.9. The van der Waals surface area contributed by atoms with Gasteiger partial charge in [0.2, 0.25) is 0 Å². The van der Waals surface area contributed by atoms with Crippen molar-refractivity contribution in [1.29, 1.82) is 0 Å². The number of thiophene rings is 1. The van der Waals surface area contributed by atoms with Crippen LogP contribution in [0.5, 0.6) is 0 Å². The van der Waals surface area contributed by atoms with E-state index in [0.717, 1.165) is 34.1 Å². The molecule has 14 rings (SSSR count). The first kappa shape index (κ1) is 39.0. The average Bonchev–Trinajstić information content (AvgIpc) is 3.90. The highest BCUT2D eigenvalue weighted by atomic mass is 32.1. The predicted octanol–water partition coefficient (Wildman–Crippen LogP) is 17.8. The average molecular weight is 888 g/mol. The molecule has 2 aliphatic heterocycles. The van der Waals surface area contributed by atoms with Gasteiger partial charge >= 0.3 is 0 Å². The van der Waals surface area contributed by atoms with E-state index in [1.165, 1.54) is 81.7 Å². The number of hydrogen-bond acceptors (Lipinski definition) is 4. The SMILES string of the molecule is CC1(C)c2ccccc2N2c3cc(N(c4ccccc4)c4cc5sc6ccccc6c5cc4N(c4ccccc4)c4ccccc4)ccc3C3(c4ccccc4-c4ccccc43)c3cccc1c32. The van der Waals surface area contributed by atoms with Gasteiger partial charge in [0.05, 0.1) is 33.9 Å². The molecular weight excluding hydrogens is 843 g/mol. The monoisotopic (exact) mass is 887 g/mol. The van der Waals surface area contributed by atoms with Gasteiger partial charge in [0.15, 0.2) is 0 Å². The van der Waals surface area contributed by atoms with Crippen molar-refractivity contribution < 1.29 is 0 Å². The molecule has 0 atom stereocenters. The summed E-state index contributed by atoms with van der Waals surface area (Å²) in [6.07, 6.45) is 0. The van der Waals surface area contributed by atoms with Crippen LogP contribution in [-0.4, -0.2) is 0 Å². The summed E-state index contributed by atoms with van der Waals surface area (Å²) >= 11 is 1.86. The van der Waals surface area contributed by atoms with Gasteiger partial charge in [-0.1, -0.05) is 178 Å². The van der Waals surface area contributed by atoms with Crippen LogP contribution in [0.2, 0.25) is 0 Å². The van der Waals surface area contributed by atoms with Gasteiger partial charge in [0.1, 0.15) is 0 Å². The van der Waals surface area contributed by atoms with Crippen molar-refractivity contribution in [2.75, 3.05) is 14.7 Å². The highest BCUT2D eigenvalue weighted by molar-refractivity contribution is 7.25. The van der Waals surface area contributed by atoms with E-state index < -0.39 is 5.41 Å². The molecule has 68 heavy (non-hydrogen) atoms. The fraction of sp³-hybridized carbons (Fsp3) is 0.0625. The Kier molecular flexibility index (Phi) is 8.41. The van der Waals surface area contributed by atoms with E-state index in [1.807, 2.05) is 11.3 Å². The Bertz CT molecular complexity index is 3710. The molecule has 3 nitrogen and oxygen atoms in total. The van der Waals surface area contributed by atoms with Crippen molar-refractivity contribution in [3.63, 3.8) is 0 Å². The number of fused-ring (bicyclic) bond motifs is 14. The minimum absolute atomic E-state index is 0.241. The van der Waals surface area contributed by atoms with Gasteiger partial charge in [-0.15, -0.1) is 11.3 Å². The minimum Gasteiger partial charge on any atom is -0.309 e. The number of benzene rings is 10. The zero-order valence-corrected chi connectivity index (χ0v) is 38.6. The van der Waals surface area contributed by atoms with Crippen molar-refractivity contribution in [1.82, 2.24) is 0 Å². The molecule has 1 spiro atoms. The van der Waals surface area contributed by atoms with Gasteiger partial charge < -0.3 is 14.7 Å². The Morgan fingerprint density at radius 3 is 1.53 bits per heavy atom. The van der Waals surface area contributed by atoms with Gasteiger partial charge in [-0.3, -0.25) is 0 Å². The molecule has 0 N–H and O–H groups in total. The van der Waals surface area contributed by atoms with Crippen LogP contribution < -0.4 is 14.7 Å². The molecule has 0 radical (unpaired) electrons. The summed E-state index contributed by atoms with van der Waals surface area (Å²) in [6, 6.07) is 88.1. The maximum absolute atomic E-state index is 2.61. The molecule has 0 bridgehead atoms. The van der Waals surface area contributed by atoms with Crippen molar-refractivity contribution in [3.8, 4) is 11.1 Å². The van der Waals surface area contributed by atoms with Crippen LogP contribution in [0.15, 0.2) is 237 Å². The van der Waals surface area contributed by atoms with Crippen molar-refractivity contribution in [2.24, 2.45) is 0 Å². The van der Waals surface area contributed by atoms with Crippen molar-refractivity contribution in [2.45, 2.75) is 24.7 Å². The van der Waals surface area contributed by atoms with Crippen LogP contribution in [0, 0.1) is 0 Å². The second kappa shape index (κ2) is 14.7. The Balaban J connectivity index is 1.10. The van der Waals surface area contributed by atoms with E-state index in [1.54, 1.807) is 0 Å². The number of anilines is 9. The van der Waals surface area contributed by atoms with Gasteiger partial charge in [-0.25, -0.2) is 0 Å².